The van der Waals surface area contributed by atoms with Crippen molar-refractivity contribution >= 4 is 11.8 Å². The quantitative estimate of drug-likeness (QED) is 0.655. The minimum absolute atomic E-state index is 0.215. The Hall–Kier alpha value is -0.860. The SMILES string of the molecule is CCCC(=O)CC(C)CCCC(=O)O. The first-order valence-electron chi connectivity index (χ1n) is 5.29. The van der Waals surface area contributed by atoms with Crippen LogP contribution in [0.5, 0.6) is 0 Å². The van der Waals surface area contributed by atoms with Gasteiger partial charge in [0.05, 0.1) is 0 Å². The largest absolute Gasteiger partial charge is 0.481 e. The van der Waals surface area contributed by atoms with Gasteiger partial charge in [0, 0.05) is 19.3 Å². The lowest BCUT2D eigenvalue weighted by atomic mass is 9.97. The maximum absolute atomic E-state index is 11.2. The summed E-state index contributed by atoms with van der Waals surface area (Å²) < 4.78 is 0. The number of hydrogen-bond acceptors (Lipinski definition) is 2. The highest BCUT2D eigenvalue weighted by Gasteiger charge is 2.08. The molecule has 0 saturated heterocycles. The van der Waals surface area contributed by atoms with Crippen LogP contribution in [0.2, 0.25) is 0 Å². The van der Waals surface area contributed by atoms with Crippen LogP contribution in [0.1, 0.15) is 52.4 Å². The maximum Gasteiger partial charge on any atom is 0.303 e. The molecule has 0 spiro atoms. The summed E-state index contributed by atoms with van der Waals surface area (Å²) in [6, 6.07) is 0. The number of ketones is 1. The summed E-state index contributed by atoms with van der Waals surface area (Å²) in [5.74, 6) is -0.124. The van der Waals surface area contributed by atoms with Crippen molar-refractivity contribution in [1.29, 1.82) is 0 Å². The van der Waals surface area contributed by atoms with Crippen molar-refractivity contribution in [3.8, 4) is 0 Å². The van der Waals surface area contributed by atoms with E-state index in [1.807, 2.05) is 13.8 Å². The highest BCUT2D eigenvalue weighted by Crippen LogP contribution is 2.13. The van der Waals surface area contributed by atoms with Gasteiger partial charge in [-0.25, -0.2) is 0 Å². The molecule has 0 aliphatic rings. The minimum Gasteiger partial charge on any atom is -0.481 e. The van der Waals surface area contributed by atoms with Crippen LogP contribution in [-0.2, 0) is 9.59 Å². The van der Waals surface area contributed by atoms with E-state index in [-0.39, 0.29) is 6.42 Å². The predicted molar refractivity (Wildman–Crippen MR) is 55.2 cm³/mol. The Labute approximate surface area is 85.5 Å². The van der Waals surface area contributed by atoms with Crippen LogP contribution in [0.3, 0.4) is 0 Å². The second-order valence-electron chi connectivity index (χ2n) is 3.88. The summed E-state index contributed by atoms with van der Waals surface area (Å²) in [5, 5.41) is 8.43. The van der Waals surface area contributed by atoms with Crippen molar-refractivity contribution in [2.45, 2.75) is 52.4 Å². The number of carbonyl (C=O) groups excluding carboxylic acids is 1. The normalized spacial score (nSPS) is 12.4. The number of aliphatic carboxylic acids is 1. The average Bonchev–Trinajstić information content (AvgIpc) is 2.03. The van der Waals surface area contributed by atoms with E-state index in [9.17, 15) is 9.59 Å². The first kappa shape index (κ1) is 13.1. The molecule has 0 aromatic rings. The molecular weight excluding hydrogens is 180 g/mol. The highest BCUT2D eigenvalue weighted by molar-refractivity contribution is 5.78. The van der Waals surface area contributed by atoms with Crippen LogP contribution < -0.4 is 0 Å². The van der Waals surface area contributed by atoms with E-state index < -0.39 is 5.97 Å². The van der Waals surface area contributed by atoms with E-state index in [0.29, 0.717) is 31.0 Å². The van der Waals surface area contributed by atoms with Crippen LogP contribution in [0.25, 0.3) is 0 Å². The van der Waals surface area contributed by atoms with Gasteiger partial charge in [0.15, 0.2) is 0 Å². The van der Waals surface area contributed by atoms with Gasteiger partial charge in [0.1, 0.15) is 5.78 Å². The molecule has 1 N–H and O–H groups in total. The first-order valence-corrected chi connectivity index (χ1v) is 5.29. The second-order valence-corrected chi connectivity index (χ2v) is 3.88. The molecule has 14 heavy (non-hydrogen) atoms. The van der Waals surface area contributed by atoms with E-state index in [0.717, 1.165) is 12.8 Å². The van der Waals surface area contributed by atoms with E-state index in [1.54, 1.807) is 0 Å². The van der Waals surface area contributed by atoms with Crippen molar-refractivity contribution < 1.29 is 14.7 Å². The molecular formula is C11H20O3. The third-order valence-electron chi connectivity index (χ3n) is 2.19. The van der Waals surface area contributed by atoms with Crippen molar-refractivity contribution in [3.63, 3.8) is 0 Å². The minimum atomic E-state index is -0.753. The molecule has 3 nitrogen and oxygen atoms in total. The van der Waals surface area contributed by atoms with Crippen LogP contribution >= 0.6 is 0 Å². The smallest absolute Gasteiger partial charge is 0.303 e. The van der Waals surface area contributed by atoms with Gasteiger partial charge >= 0.3 is 5.97 Å². The Balaban J connectivity index is 3.49. The van der Waals surface area contributed by atoms with E-state index >= 15 is 0 Å². The summed E-state index contributed by atoms with van der Waals surface area (Å²) in [6.07, 6.45) is 3.89. The van der Waals surface area contributed by atoms with Crippen LogP contribution in [0, 0.1) is 5.92 Å². The van der Waals surface area contributed by atoms with Crippen LogP contribution in [0.15, 0.2) is 0 Å². The standard InChI is InChI=1S/C11H20O3/c1-3-5-10(12)8-9(2)6-4-7-11(13)14/h9H,3-8H2,1-2H3,(H,13,14). The summed E-state index contributed by atoms with van der Waals surface area (Å²) in [7, 11) is 0. The molecule has 1 atom stereocenters. The van der Waals surface area contributed by atoms with Crippen molar-refractivity contribution in [1.82, 2.24) is 0 Å². The average molecular weight is 200 g/mol. The fraction of sp³-hybridized carbons (Fsp3) is 0.818. The van der Waals surface area contributed by atoms with Crippen molar-refractivity contribution in [3.05, 3.63) is 0 Å². The van der Waals surface area contributed by atoms with Crippen LogP contribution in [0.4, 0.5) is 0 Å². The summed E-state index contributed by atoms with van der Waals surface area (Å²) >= 11 is 0. The molecule has 0 aromatic heterocycles. The van der Waals surface area contributed by atoms with E-state index in [1.165, 1.54) is 0 Å². The Morgan fingerprint density at radius 3 is 2.43 bits per heavy atom. The van der Waals surface area contributed by atoms with Gasteiger partial charge in [-0.3, -0.25) is 9.59 Å². The Morgan fingerprint density at radius 2 is 1.93 bits per heavy atom. The molecule has 0 amide bonds. The third-order valence-corrected chi connectivity index (χ3v) is 2.19. The lowest BCUT2D eigenvalue weighted by Crippen LogP contribution is -2.06. The number of carbonyl (C=O) groups is 2. The van der Waals surface area contributed by atoms with Gasteiger partial charge < -0.3 is 5.11 Å². The molecule has 0 bridgehead atoms. The Kier molecular flexibility index (Phi) is 7.07. The van der Waals surface area contributed by atoms with Gasteiger partial charge in [-0.2, -0.15) is 0 Å². The maximum atomic E-state index is 11.2. The highest BCUT2D eigenvalue weighted by atomic mass is 16.4. The van der Waals surface area contributed by atoms with Gasteiger partial charge in [-0.05, 0) is 25.2 Å². The molecule has 0 radical (unpaired) electrons. The summed E-state index contributed by atoms with van der Waals surface area (Å²) in [6.45, 7) is 4.00. The zero-order valence-corrected chi connectivity index (χ0v) is 9.08. The monoisotopic (exact) mass is 200 g/mol. The molecule has 0 saturated carbocycles. The molecule has 0 rings (SSSR count). The lowest BCUT2D eigenvalue weighted by Gasteiger charge is -2.08. The molecule has 0 aliphatic carbocycles. The molecule has 82 valence electrons. The van der Waals surface area contributed by atoms with E-state index in [4.69, 9.17) is 5.11 Å². The number of carboxylic acids is 1. The number of rotatable bonds is 8. The third kappa shape index (κ3) is 7.77. The molecule has 0 aromatic carbocycles. The molecule has 3 heteroatoms. The first-order chi connectivity index (χ1) is 6.56. The van der Waals surface area contributed by atoms with Crippen molar-refractivity contribution in [2.75, 3.05) is 0 Å². The van der Waals surface area contributed by atoms with Gasteiger partial charge in [0.25, 0.3) is 0 Å². The van der Waals surface area contributed by atoms with Gasteiger partial charge in [-0.15, -0.1) is 0 Å². The van der Waals surface area contributed by atoms with Crippen molar-refractivity contribution in [2.24, 2.45) is 5.92 Å². The molecule has 1 unspecified atom stereocenters. The van der Waals surface area contributed by atoms with Gasteiger partial charge in [0.2, 0.25) is 0 Å². The second kappa shape index (κ2) is 7.54. The summed E-state index contributed by atoms with van der Waals surface area (Å²) in [4.78, 5) is 21.5. The molecule has 0 aliphatic heterocycles. The van der Waals surface area contributed by atoms with E-state index in [2.05, 4.69) is 0 Å². The van der Waals surface area contributed by atoms with Gasteiger partial charge in [-0.1, -0.05) is 13.8 Å². The zero-order chi connectivity index (χ0) is 11.0. The number of hydrogen-bond donors (Lipinski definition) is 1. The fourth-order valence-electron chi connectivity index (χ4n) is 1.47. The molecule has 0 heterocycles. The topological polar surface area (TPSA) is 54.4 Å². The number of Topliss-reactive ketones (excluding diaryl/α,β-unsaturated/α-hetero) is 1. The lowest BCUT2D eigenvalue weighted by molar-refractivity contribution is -0.137. The fourth-order valence-corrected chi connectivity index (χ4v) is 1.47. The zero-order valence-electron chi connectivity index (χ0n) is 9.08. The predicted octanol–water partition coefficient (Wildman–Crippen LogP) is 2.64. The van der Waals surface area contributed by atoms with Crippen LogP contribution in [-0.4, -0.2) is 16.9 Å². The Morgan fingerprint density at radius 1 is 1.29 bits per heavy atom. The summed E-state index contributed by atoms with van der Waals surface area (Å²) in [5.41, 5.74) is 0. The Bertz CT molecular complexity index is 187. The molecule has 0 fully saturated rings. The number of carboxylic acid groups (broad SMARTS) is 1.